The van der Waals surface area contributed by atoms with Gasteiger partial charge in [0, 0.05) is 10.5 Å². The molecule has 0 radical (unpaired) electrons. The fraction of sp³-hybridized carbons (Fsp3) is 0.562. The van der Waals surface area contributed by atoms with Crippen LogP contribution < -0.4 is 5.32 Å². The van der Waals surface area contributed by atoms with E-state index in [-0.39, 0.29) is 11.9 Å². The van der Waals surface area contributed by atoms with Crippen molar-refractivity contribution in [2.75, 3.05) is 13.6 Å². The van der Waals surface area contributed by atoms with Crippen molar-refractivity contribution in [2.45, 2.75) is 44.7 Å². The van der Waals surface area contributed by atoms with Crippen LogP contribution in [0.25, 0.3) is 0 Å². The molecule has 1 fully saturated rings. The first-order valence-corrected chi connectivity index (χ1v) is 8.10. The molecule has 1 atom stereocenters. The molecule has 20 heavy (non-hydrogen) atoms. The Bertz CT molecular complexity index is 440. The summed E-state index contributed by atoms with van der Waals surface area (Å²) in [6.45, 7) is 2.52. The number of nitrogens with one attached hydrogen (secondary N) is 1. The van der Waals surface area contributed by atoms with Gasteiger partial charge >= 0.3 is 0 Å². The van der Waals surface area contributed by atoms with E-state index < -0.39 is 0 Å². The lowest BCUT2D eigenvalue weighted by Crippen LogP contribution is -2.40. The highest BCUT2D eigenvalue weighted by molar-refractivity contribution is 9.10. The Morgan fingerprint density at radius 1 is 1.35 bits per heavy atom. The number of carbonyl (C=O) groups excluding carboxylic acids is 1. The maximum Gasteiger partial charge on any atom is 0.234 e. The molecule has 1 aliphatic rings. The summed E-state index contributed by atoms with van der Waals surface area (Å²) in [5, 5.41) is 3.07. The molecule has 4 heteroatoms. The van der Waals surface area contributed by atoms with Crippen LogP contribution in [0.4, 0.5) is 0 Å². The third kappa shape index (κ3) is 4.32. The Morgan fingerprint density at radius 3 is 2.55 bits per heavy atom. The molecular weight excluding hydrogens is 316 g/mol. The molecule has 3 nitrogen and oxygen atoms in total. The number of benzene rings is 1. The summed E-state index contributed by atoms with van der Waals surface area (Å²) >= 11 is 3.42. The van der Waals surface area contributed by atoms with Crippen LogP contribution in [0.2, 0.25) is 0 Å². The van der Waals surface area contributed by atoms with Crippen molar-refractivity contribution in [3.05, 3.63) is 34.3 Å². The maximum atomic E-state index is 12.1. The van der Waals surface area contributed by atoms with Gasteiger partial charge in [0.05, 0.1) is 12.6 Å². The highest BCUT2D eigenvalue weighted by atomic mass is 79.9. The van der Waals surface area contributed by atoms with E-state index in [1.165, 1.54) is 25.7 Å². The molecule has 0 bridgehead atoms. The van der Waals surface area contributed by atoms with E-state index in [4.69, 9.17) is 0 Å². The fourth-order valence-electron chi connectivity index (χ4n) is 2.82. The van der Waals surface area contributed by atoms with Gasteiger partial charge in [-0.3, -0.25) is 9.69 Å². The Labute approximate surface area is 129 Å². The first-order chi connectivity index (χ1) is 9.56. The molecular formula is C16H23BrN2O. The average Bonchev–Trinajstić information content (AvgIpc) is 2.93. The number of hydrogen-bond donors (Lipinski definition) is 1. The van der Waals surface area contributed by atoms with Gasteiger partial charge in [-0.2, -0.15) is 0 Å². The Kier molecular flexibility index (Phi) is 5.61. The van der Waals surface area contributed by atoms with Crippen LogP contribution in [0.5, 0.6) is 0 Å². The predicted molar refractivity (Wildman–Crippen MR) is 85.6 cm³/mol. The SMILES string of the molecule is CC(NC(=O)CN(C)C1CCCC1)c1ccc(Br)cc1. The Hall–Kier alpha value is -0.870. The summed E-state index contributed by atoms with van der Waals surface area (Å²) in [7, 11) is 2.06. The fourth-order valence-corrected chi connectivity index (χ4v) is 3.09. The van der Waals surface area contributed by atoms with E-state index >= 15 is 0 Å². The van der Waals surface area contributed by atoms with Crippen LogP contribution in [0.1, 0.15) is 44.2 Å². The molecule has 1 aliphatic carbocycles. The quantitative estimate of drug-likeness (QED) is 0.891. The molecule has 1 aromatic carbocycles. The number of amides is 1. The molecule has 0 spiro atoms. The van der Waals surface area contributed by atoms with Crippen LogP contribution >= 0.6 is 15.9 Å². The first-order valence-electron chi connectivity index (χ1n) is 7.31. The zero-order valence-corrected chi connectivity index (χ0v) is 13.8. The number of halogens is 1. The zero-order valence-electron chi connectivity index (χ0n) is 12.2. The minimum atomic E-state index is 0.0487. The van der Waals surface area contributed by atoms with Gasteiger partial charge in [0.25, 0.3) is 0 Å². The number of carbonyl (C=O) groups is 1. The van der Waals surface area contributed by atoms with Gasteiger partial charge in [-0.15, -0.1) is 0 Å². The molecule has 1 unspecified atom stereocenters. The van der Waals surface area contributed by atoms with Crippen LogP contribution in [0.3, 0.4) is 0 Å². The van der Waals surface area contributed by atoms with Crippen LogP contribution in [-0.4, -0.2) is 30.4 Å². The molecule has 2 rings (SSSR count). The van der Waals surface area contributed by atoms with Gasteiger partial charge in [0.2, 0.25) is 5.91 Å². The lowest BCUT2D eigenvalue weighted by molar-refractivity contribution is -0.123. The minimum Gasteiger partial charge on any atom is -0.348 e. The smallest absolute Gasteiger partial charge is 0.234 e. The van der Waals surface area contributed by atoms with E-state index in [0.29, 0.717) is 12.6 Å². The molecule has 1 N–H and O–H groups in total. The van der Waals surface area contributed by atoms with E-state index in [0.717, 1.165) is 10.0 Å². The highest BCUT2D eigenvalue weighted by Crippen LogP contribution is 2.22. The molecule has 0 heterocycles. The lowest BCUT2D eigenvalue weighted by atomic mass is 10.1. The van der Waals surface area contributed by atoms with Gasteiger partial charge in [-0.05, 0) is 44.5 Å². The number of rotatable bonds is 5. The van der Waals surface area contributed by atoms with E-state index in [1.54, 1.807) is 0 Å². The van der Waals surface area contributed by atoms with Crippen molar-refractivity contribution in [1.82, 2.24) is 10.2 Å². The standard InChI is InChI=1S/C16H23BrN2O/c1-12(13-7-9-14(17)10-8-13)18-16(20)11-19(2)15-5-3-4-6-15/h7-10,12,15H,3-6,11H2,1-2H3,(H,18,20). The highest BCUT2D eigenvalue weighted by Gasteiger charge is 2.21. The van der Waals surface area contributed by atoms with E-state index in [2.05, 4.69) is 33.2 Å². The summed E-state index contributed by atoms with van der Waals surface area (Å²) in [5.74, 6) is 0.106. The summed E-state index contributed by atoms with van der Waals surface area (Å²) < 4.78 is 1.06. The normalized spacial score (nSPS) is 17.4. The molecule has 1 amide bonds. The average molecular weight is 339 g/mol. The van der Waals surface area contributed by atoms with Crippen molar-refractivity contribution in [1.29, 1.82) is 0 Å². The van der Waals surface area contributed by atoms with Crippen molar-refractivity contribution in [3.63, 3.8) is 0 Å². The van der Waals surface area contributed by atoms with Crippen LogP contribution in [0.15, 0.2) is 28.7 Å². The number of nitrogens with zero attached hydrogens (tertiary/aromatic N) is 1. The van der Waals surface area contributed by atoms with Crippen molar-refractivity contribution >= 4 is 21.8 Å². The Morgan fingerprint density at radius 2 is 1.95 bits per heavy atom. The van der Waals surface area contributed by atoms with Crippen molar-refractivity contribution in [3.8, 4) is 0 Å². The monoisotopic (exact) mass is 338 g/mol. The molecule has 0 saturated heterocycles. The van der Waals surface area contributed by atoms with Gasteiger partial charge in [0.15, 0.2) is 0 Å². The second kappa shape index (κ2) is 7.23. The maximum absolute atomic E-state index is 12.1. The molecule has 110 valence electrons. The topological polar surface area (TPSA) is 32.3 Å². The lowest BCUT2D eigenvalue weighted by Gasteiger charge is -2.24. The third-order valence-corrected chi connectivity index (χ3v) is 4.62. The molecule has 0 aromatic heterocycles. The molecule has 1 aromatic rings. The number of likely N-dealkylation sites (N-methyl/N-ethyl adjacent to an activating group) is 1. The number of hydrogen-bond acceptors (Lipinski definition) is 2. The second-order valence-corrected chi connectivity index (χ2v) is 6.61. The molecule has 0 aliphatic heterocycles. The van der Waals surface area contributed by atoms with E-state index in [9.17, 15) is 4.79 Å². The van der Waals surface area contributed by atoms with Crippen molar-refractivity contribution in [2.24, 2.45) is 0 Å². The first kappa shape index (κ1) is 15.5. The minimum absolute atomic E-state index is 0.0487. The van der Waals surface area contributed by atoms with Gasteiger partial charge < -0.3 is 5.32 Å². The summed E-state index contributed by atoms with van der Waals surface area (Å²) in [6, 6.07) is 8.72. The van der Waals surface area contributed by atoms with Crippen molar-refractivity contribution < 1.29 is 4.79 Å². The summed E-state index contributed by atoms with van der Waals surface area (Å²) in [5.41, 5.74) is 1.13. The van der Waals surface area contributed by atoms with E-state index in [1.807, 2.05) is 31.2 Å². The van der Waals surface area contributed by atoms with Crippen LogP contribution in [0, 0.1) is 0 Å². The summed E-state index contributed by atoms with van der Waals surface area (Å²) in [4.78, 5) is 14.3. The zero-order chi connectivity index (χ0) is 14.5. The molecule has 1 saturated carbocycles. The van der Waals surface area contributed by atoms with Gasteiger partial charge in [-0.25, -0.2) is 0 Å². The Balaban J connectivity index is 1.82. The summed E-state index contributed by atoms with van der Waals surface area (Å²) in [6.07, 6.45) is 5.05. The third-order valence-electron chi connectivity index (χ3n) is 4.09. The van der Waals surface area contributed by atoms with Crippen LogP contribution in [-0.2, 0) is 4.79 Å². The van der Waals surface area contributed by atoms with Gasteiger partial charge in [-0.1, -0.05) is 40.9 Å². The van der Waals surface area contributed by atoms with Gasteiger partial charge in [0.1, 0.15) is 0 Å². The largest absolute Gasteiger partial charge is 0.348 e. The predicted octanol–water partition coefficient (Wildman–Crippen LogP) is 3.50. The second-order valence-electron chi connectivity index (χ2n) is 5.69.